The van der Waals surface area contributed by atoms with Gasteiger partial charge >= 0.3 is 5.97 Å². The lowest BCUT2D eigenvalue weighted by Gasteiger charge is -2.61. The van der Waals surface area contributed by atoms with Gasteiger partial charge in [-0.15, -0.1) is 0 Å². The maximum Gasteiger partial charge on any atom is 0.305 e. The fourth-order valence-electron chi connectivity index (χ4n) is 8.70. The van der Waals surface area contributed by atoms with Crippen LogP contribution in [0.2, 0.25) is 0 Å². The molecule has 5 aliphatic rings. The molecule has 6 nitrogen and oxygen atoms in total. The van der Waals surface area contributed by atoms with E-state index >= 15 is 0 Å². The molecule has 0 amide bonds. The van der Waals surface area contributed by atoms with E-state index in [1.54, 1.807) is 6.26 Å². The van der Waals surface area contributed by atoms with Crippen LogP contribution < -0.4 is 0 Å². The Kier molecular flexibility index (Phi) is 4.48. The van der Waals surface area contributed by atoms with E-state index in [-0.39, 0.29) is 52.9 Å². The van der Waals surface area contributed by atoms with Gasteiger partial charge in [-0.1, -0.05) is 38.5 Å². The molecule has 3 unspecified atom stereocenters. The topological polar surface area (TPSA) is 78.1 Å². The third-order valence-electron chi connectivity index (χ3n) is 10.1. The van der Waals surface area contributed by atoms with Crippen LogP contribution in [0.3, 0.4) is 0 Å². The average Bonchev–Trinajstić information content (AvgIpc) is 3.54. The van der Waals surface area contributed by atoms with Gasteiger partial charge in [0, 0.05) is 22.7 Å². The van der Waals surface area contributed by atoms with E-state index in [1.165, 1.54) is 23.8 Å². The predicted molar refractivity (Wildman–Crippen MR) is 120 cm³/mol. The maximum absolute atomic E-state index is 12.8. The molecule has 6 heteroatoms. The van der Waals surface area contributed by atoms with Gasteiger partial charge < -0.3 is 23.7 Å². The van der Waals surface area contributed by atoms with E-state index in [4.69, 9.17) is 18.6 Å². The Balaban J connectivity index is 1.54. The molecule has 2 aliphatic heterocycles. The molecule has 33 heavy (non-hydrogen) atoms. The number of carbonyl (C=O) groups is 1. The first-order chi connectivity index (χ1) is 15.7. The van der Waals surface area contributed by atoms with Gasteiger partial charge in [-0.3, -0.25) is 4.79 Å². The highest BCUT2D eigenvalue weighted by Crippen LogP contribution is 2.72. The molecule has 3 fully saturated rings. The zero-order chi connectivity index (χ0) is 23.3. The zero-order valence-electron chi connectivity index (χ0n) is 20.0. The number of rotatable bonds is 3. The third kappa shape index (κ3) is 2.52. The number of aliphatic hydroxyl groups excluding tert-OH is 1. The van der Waals surface area contributed by atoms with Gasteiger partial charge in [-0.05, 0) is 41.9 Å². The Hall–Kier alpha value is -1.89. The summed E-state index contributed by atoms with van der Waals surface area (Å²) >= 11 is 0. The van der Waals surface area contributed by atoms with E-state index in [1.807, 2.05) is 18.4 Å². The van der Waals surface area contributed by atoms with Crippen LogP contribution in [0, 0.1) is 28.1 Å². The second kappa shape index (κ2) is 6.83. The summed E-state index contributed by atoms with van der Waals surface area (Å²) in [4.78, 5) is 12.8. The highest BCUT2D eigenvalue weighted by Gasteiger charge is 2.74. The summed E-state index contributed by atoms with van der Waals surface area (Å²) in [7, 11) is 1.46. The summed E-state index contributed by atoms with van der Waals surface area (Å²) < 4.78 is 23.9. The fourth-order valence-corrected chi connectivity index (χ4v) is 8.70. The van der Waals surface area contributed by atoms with Crippen molar-refractivity contribution in [1.82, 2.24) is 0 Å². The molecule has 1 aromatic rings. The first-order valence-electron chi connectivity index (χ1n) is 12.1. The van der Waals surface area contributed by atoms with Gasteiger partial charge in [0.05, 0.1) is 57.1 Å². The van der Waals surface area contributed by atoms with Crippen molar-refractivity contribution < 1.29 is 28.5 Å². The number of hydrogen-bond acceptors (Lipinski definition) is 6. The summed E-state index contributed by atoms with van der Waals surface area (Å²) in [6.07, 6.45) is 7.96. The average molecular weight is 455 g/mol. The molecule has 3 heterocycles. The summed E-state index contributed by atoms with van der Waals surface area (Å²) in [5, 5.41) is 11.0. The second-order valence-electron chi connectivity index (χ2n) is 11.5. The molecule has 1 saturated carbocycles. The van der Waals surface area contributed by atoms with Crippen molar-refractivity contribution >= 4 is 5.97 Å². The number of furan rings is 1. The van der Waals surface area contributed by atoms with Crippen molar-refractivity contribution in [2.45, 2.75) is 70.9 Å². The normalized spacial score (nSPS) is 49.7. The van der Waals surface area contributed by atoms with Crippen LogP contribution in [0.25, 0.3) is 0 Å². The molecule has 0 bridgehead atoms. The number of ether oxygens (including phenoxy) is 3. The van der Waals surface area contributed by atoms with Crippen LogP contribution >= 0.6 is 0 Å². The Labute approximate surface area is 195 Å². The van der Waals surface area contributed by atoms with Crippen LogP contribution in [0.5, 0.6) is 0 Å². The van der Waals surface area contributed by atoms with Crippen LogP contribution in [0.1, 0.15) is 52.0 Å². The minimum absolute atomic E-state index is 0.00633. The summed E-state index contributed by atoms with van der Waals surface area (Å²) in [5.41, 5.74) is 2.69. The first-order valence-corrected chi connectivity index (χ1v) is 12.1. The van der Waals surface area contributed by atoms with Crippen molar-refractivity contribution in [2.24, 2.45) is 28.1 Å². The lowest BCUT2D eigenvalue weighted by Crippen LogP contribution is -2.65. The maximum atomic E-state index is 12.8. The number of esters is 1. The second-order valence-corrected chi connectivity index (χ2v) is 11.5. The molecule has 0 spiro atoms. The summed E-state index contributed by atoms with van der Waals surface area (Å²) in [5.74, 6) is 0.0730. The predicted octanol–water partition coefficient (Wildman–Crippen LogP) is 4.01. The van der Waals surface area contributed by atoms with E-state index < -0.39 is 11.5 Å². The number of carbonyl (C=O) groups excluding carboxylic acids is 1. The fraction of sp³-hybridized carbons (Fsp3) is 0.667. The van der Waals surface area contributed by atoms with Gasteiger partial charge in [0.2, 0.25) is 0 Å². The van der Waals surface area contributed by atoms with Gasteiger partial charge in [0.25, 0.3) is 0 Å². The summed E-state index contributed by atoms with van der Waals surface area (Å²) in [6.45, 7) is 9.36. The molecule has 10 atom stereocenters. The SMILES string of the molecule is COC(=O)C[C@H]1[C@]2(C)C3=C(C)[C@H](c4ccoc4)C[C@H]3O[C@@H]2C2OC[C@]3(C)C(O)C=C[C@@]1(C)C23. The Bertz CT molecular complexity index is 1040. The van der Waals surface area contributed by atoms with Crippen molar-refractivity contribution in [1.29, 1.82) is 0 Å². The minimum atomic E-state index is -0.573. The van der Waals surface area contributed by atoms with Crippen molar-refractivity contribution in [3.8, 4) is 0 Å². The Morgan fingerprint density at radius 3 is 2.79 bits per heavy atom. The minimum Gasteiger partial charge on any atom is -0.472 e. The Morgan fingerprint density at radius 2 is 2.09 bits per heavy atom. The molecule has 178 valence electrons. The highest BCUT2D eigenvalue weighted by molar-refractivity contribution is 5.70. The molecule has 1 aromatic heterocycles. The zero-order valence-corrected chi connectivity index (χ0v) is 20.0. The third-order valence-corrected chi connectivity index (χ3v) is 10.1. The smallest absolute Gasteiger partial charge is 0.305 e. The van der Waals surface area contributed by atoms with Gasteiger partial charge in [0.1, 0.15) is 0 Å². The van der Waals surface area contributed by atoms with Crippen LogP contribution in [0.15, 0.2) is 46.3 Å². The van der Waals surface area contributed by atoms with Crippen molar-refractivity contribution in [3.05, 3.63) is 47.5 Å². The first kappa shape index (κ1) is 21.6. The number of allylic oxidation sites excluding steroid dienone is 2. The molecule has 3 aliphatic carbocycles. The summed E-state index contributed by atoms with van der Waals surface area (Å²) in [6, 6.07) is 2.04. The lowest BCUT2D eigenvalue weighted by molar-refractivity contribution is -0.181. The molecule has 1 N–H and O–H groups in total. The highest BCUT2D eigenvalue weighted by atomic mass is 16.6. The van der Waals surface area contributed by atoms with E-state index in [0.29, 0.717) is 13.0 Å². The standard InChI is InChI=1S/C27H34O6/c1-14-16(15-7-9-31-12-15)10-17-21(14)27(4)18(11-20(29)30-5)25(2)8-6-19(28)26(3)13-32-22(23(25)26)24(27)33-17/h6-9,12,16-19,22-24,28H,10-11,13H2,1-5H3/t16-,17-,18-,19?,22?,23?,24-,25-,26-,27-/m1/s1. The van der Waals surface area contributed by atoms with Crippen LogP contribution in [-0.2, 0) is 19.0 Å². The number of aliphatic hydroxyl groups is 1. The van der Waals surface area contributed by atoms with Crippen molar-refractivity contribution in [2.75, 3.05) is 13.7 Å². The van der Waals surface area contributed by atoms with Crippen molar-refractivity contribution in [3.63, 3.8) is 0 Å². The Morgan fingerprint density at radius 1 is 1.30 bits per heavy atom. The van der Waals surface area contributed by atoms with E-state index in [2.05, 4.69) is 33.8 Å². The van der Waals surface area contributed by atoms with Gasteiger partial charge in [-0.2, -0.15) is 0 Å². The van der Waals surface area contributed by atoms with E-state index in [0.717, 1.165) is 6.42 Å². The molecular weight excluding hydrogens is 420 g/mol. The molecule has 0 aromatic carbocycles. The molecule has 0 radical (unpaired) electrons. The molecular formula is C27H34O6. The quantitative estimate of drug-likeness (QED) is 0.549. The van der Waals surface area contributed by atoms with Crippen LogP contribution in [0.4, 0.5) is 0 Å². The monoisotopic (exact) mass is 454 g/mol. The van der Waals surface area contributed by atoms with E-state index in [9.17, 15) is 9.90 Å². The largest absolute Gasteiger partial charge is 0.472 e. The van der Waals surface area contributed by atoms with Gasteiger partial charge in [-0.25, -0.2) is 0 Å². The lowest BCUT2D eigenvalue weighted by atomic mass is 9.42. The molecule has 6 rings (SSSR count). The number of methoxy groups -OCH3 is 1. The van der Waals surface area contributed by atoms with Crippen LogP contribution in [-0.4, -0.2) is 49.2 Å². The number of hydrogen-bond donors (Lipinski definition) is 1. The van der Waals surface area contributed by atoms with Gasteiger partial charge in [0.15, 0.2) is 0 Å². The number of fused-ring (bicyclic) bond motifs is 4. The molecule has 2 saturated heterocycles.